The minimum atomic E-state index is 0.467. The van der Waals surface area contributed by atoms with E-state index in [2.05, 4.69) is 31.0 Å². The summed E-state index contributed by atoms with van der Waals surface area (Å²) in [6.45, 7) is 4.34. The van der Waals surface area contributed by atoms with Crippen molar-refractivity contribution in [3.8, 4) is 5.69 Å². The highest BCUT2D eigenvalue weighted by atomic mass is 35.5. The molecule has 2 N–H and O–H groups in total. The van der Waals surface area contributed by atoms with E-state index in [1.165, 1.54) is 5.56 Å². The third kappa shape index (κ3) is 2.14. The quantitative estimate of drug-likeness (QED) is 0.759. The van der Waals surface area contributed by atoms with Crippen LogP contribution in [0.3, 0.4) is 0 Å². The molecule has 0 saturated carbocycles. The molecule has 20 heavy (non-hydrogen) atoms. The lowest BCUT2D eigenvalue weighted by atomic mass is 10.0. The molecule has 3 rings (SSSR count). The van der Waals surface area contributed by atoms with Crippen LogP contribution >= 0.6 is 11.6 Å². The fraction of sp³-hybridized carbons (Fsp3) is 0.188. The van der Waals surface area contributed by atoms with Gasteiger partial charge in [-0.1, -0.05) is 37.6 Å². The Morgan fingerprint density at radius 3 is 2.70 bits per heavy atom. The number of nitrogens with zero attached hydrogens (tertiary/aromatic N) is 2. The average molecular weight is 286 g/mol. The summed E-state index contributed by atoms with van der Waals surface area (Å²) < 4.78 is 1.94. The minimum Gasteiger partial charge on any atom is -0.369 e. The van der Waals surface area contributed by atoms with Gasteiger partial charge in [0, 0.05) is 10.7 Å². The lowest BCUT2D eigenvalue weighted by Crippen LogP contribution is -2.01. The molecule has 0 aliphatic carbocycles. The van der Waals surface area contributed by atoms with E-state index in [0.29, 0.717) is 16.9 Å². The number of benzene rings is 2. The second-order valence-corrected chi connectivity index (χ2v) is 5.62. The molecule has 0 aliphatic rings. The number of rotatable bonds is 2. The van der Waals surface area contributed by atoms with Crippen LogP contribution in [0.5, 0.6) is 0 Å². The van der Waals surface area contributed by atoms with Gasteiger partial charge >= 0.3 is 0 Å². The molecule has 0 radical (unpaired) electrons. The van der Waals surface area contributed by atoms with Crippen molar-refractivity contribution >= 4 is 28.6 Å². The second-order valence-electron chi connectivity index (χ2n) is 5.19. The number of hydrogen-bond acceptors (Lipinski definition) is 2. The fourth-order valence-electron chi connectivity index (χ4n) is 2.36. The van der Waals surface area contributed by atoms with Crippen molar-refractivity contribution in [1.29, 1.82) is 0 Å². The van der Waals surface area contributed by atoms with Gasteiger partial charge in [0.1, 0.15) is 0 Å². The van der Waals surface area contributed by atoms with Crippen molar-refractivity contribution < 1.29 is 0 Å². The van der Waals surface area contributed by atoms with Crippen LogP contribution in [-0.4, -0.2) is 9.55 Å². The Morgan fingerprint density at radius 1 is 1.15 bits per heavy atom. The number of halogens is 1. The molecule has 102 valence electrons. The zero-order valence-electron chi connectivity index (χ0n) is 11.5. The predicted molar refractivity (Wildman–Crippen MR) is 84.6 cm³/mol. The van der Waals surface area contributed by atoms with Crippen molar-refractivity contribution in [2.24, 2.45) is 0 Å². The van der Waals surface area contributed by atoms with E-state index < -0.39 is 0 Å². The van der Waals surface area contributed by atoms with Gasteiger partial charge in [-0.25, -0.2) is 4.98 Å². The van der Waals surface area contributed by atoms with Gasteiger partial charge in [-0.3, -0.25) is 4.57 Å². The first-order chi connectivity index (χ1) is 9.56. The number of hydrogen-bond donors (Lipinski definition) is 1. The van der Waals surface area contributed by atoms with E-state index in [4.69, 9.17) is 17.3 Å². The highest BCUT2D eigenvalue weighted by Gasteiger charge is 2.11. The van der Waals surface area contributed by atoms with Crippen LogP contribution in [0.4, 0.5) is 5.95 Å². The van der Waals surface area contributed by atoms with Gasteiger partial charge < -0.3 is 5.73 Å². The first-order valence-corrected chi connectivity index (χ1v) is 6.98. The summed E-state index contributed by atoms with van der Waals surface area (Å²) in [4.78, 5) is 4.39. The van der Waals surface area contributed by atoms with Crippen LogP contribution in [0, 0.1) is 0 Å². The molecule has 0 saturated heterocycles. The molecule has 3 nitrogen and oxygen atoms in total. The van der Waals surface area contributed by atoms with E-state index >= 15 is 0 Å². The molecular formula is C16H16ClN3. The largest absolute Gasteiger partial charge is 0.369 e. The van der Waals surface area contributed by atoms with Crippen LogP contribution in [-0.2, 0) is 0 Å². The molecule has 0 aliphatic heterocycles. The third-order valence-electron chi connectivity index (χ3n) is 3.44. The van der Waals surface area contributed by atoms with E-state index in [1.54, 1.807) is 0 Å². The first kappa shape index (κ1) is 13.0. The van der Waals surface area contributed by atoms with Gasteiger partial charge in [0.2, 0.25) is 5.95 Å². The highest BCUT2D eigenvalue weighted by Crippen LogP contribution is 2.27. The second kappa shape index (κ2) is 4.84. The number of fused-ring (bicyclic) bond motifs is 1. The summed E-state index contributed by atoms with van der Waals surface area (Å²) >= 11 is 6.09. The Kier molecular flexibility index (Phi) is 3.14. The Morgan fingerprint density at radius 2 is 1.95 bits per heavy atom. The Bertz CT molecular complexity index is 774. The number of anilines is 1. The van der Waals surface area contributed by atoms with E-state index in [9.17, 15) is 0 Å². The average Bonchev–Trinajstić information content (AvgIpc) is 2.74. The lowest BCUT2D eigenvalue weighted by Gasteiger charge is -2.11. The third-order valence-corrected chi connectivity index (χ3v) is 3.67. The van der Waals surface area contributed by atoms with E-state index in [-0.39, 0.29) is 0 Å². The van der Waals surface area contributed by atoms with Gasteiger partial charge in [-0.2, -0.15) is 0 Å². The van der Waals surface area contributed by atoms with Crippen molar-refractivity contribution in [1.82, 2.24) is 9.55 Å². The van der Waals surface area contributed by atoms with Gasteiger partial charge in [-0.05, 0) is 41.8 Å². The summed E-state index contributed by atoms with van der Waals surface area (Å²) in [6, 6.07) is 13.9. The molecule has 0 atom stereocenters. The number of imidazole rings is 1. The van der Waals surface area contributed by atoms with Gasteiger partial charge in [0.25, 0.3) is 0 Å². The standard InChI is InChI=1S/C16H16ClN3/c1-10(2)11-4-3-5-13(8-11)20-15-9-12(17)6-7-14(15)19-16(20)18/h3-10H,1-2H3,(H2,18,19). The zero-order chi connectivity index (χ0) is 14.3. The minimum absolute atomic E-state index is 0.467. The first-order valence-electron chi connectivity index (χ1n) is 6.60. The SMILES string of the molecule is CC(C)c1cccc(-n2c(N)nc3ccc(Cl)cc32)c1. The van der Waals surface area contributed by atoms with Crippen LogP contribution in [0.25, 0.3) is 16.7 Å². The summed E-state index contributed by atoms with van der Waals surface area (Å²) in [6.07, 6.45) is 0. The molecule has 0 spiro atoms. The van der Waals surface area contributed by atoms with Gasteiger partial charge in [-0.15, -0.1) is 0 Å². The van der Waals surface area contributed by atoms with Crippen LogP contribution in [0.2, 0.25) is 5.02 Å². The lowest BCUT2D eigenvalue weighted by molar-refractivity contribution is 0.864. The fourth-order valence-corrected chi connectivity index (χ4v) is 2.53. The molecule has 0 bridgehead atoms. The zero-order valence-corrected chi connectivity index (χ0v) is 12.2. The normalized spacial score (nSPS) is 11.4. The van der Waals surface area contributed by atoms with Crippen molar-refractivity contribution in [3.05, 3.63) is 53.1 Å². The van der Waals surface area contributed by atoms with E-state index in [0.717, 1.165) is 16.7 Å². The predicted octanol–water partition coefficient (Wildman–Crippen LogP) is 4.38. The topological polar surface area (TPSA) is 43.8 Å². The molecule has 4 heteroatoms. The highest BCUT2D eigenvalue weighted by molar-refractivity contribution is 6.31. The summed E-state index contributed by atoms with van der Waals surface area (Å²) in [5, 5.41) is 0.679. The number of nitrogens with two attached hydrogens (primary N) is 1. The van der Waals surface area contributed by atoms with Crippen molar-refractivity contribution in [2.45, 2.75) is 19.8 Å². The molecule has 1 aromatic heterocycles. The Balaban J connectivity index is 2.26. The van der Waals surface area contributed by atoms with Gasteiger partial charge in [0.05, 0.1) is 11.0 Å². The summed E-state index contributed by atoms with van der Waals surface area (Å²) in [5.74, 6) is 0.942. The maximum atomic E-state index is 6.09. The van der Waals surface area contributed by atoms with E-state index in [1.807, 2.05) is 34.9 Å². The van der Waals surface area contributed by atoms with Crippen molar-refractivity contribution in [3.63, 3.8) is 0 Å². The van der Waals surface area contributed by atoms with Crippen LogP contribution in [0.1, 0.15) is 25.3 Å². The molecule has 2 aromatic carbocycles. The molecule has 1 heterocycles. The molecular weight excluding hydrogens is 270 g/mol. The number of nitrogen functional groups attached to an aromatic ring is 1. The maximum Gasteiger partial charge on any atom is 0.205 e. The van der Waals surface area contributed by atoms with Crippen LogP contribution in [0.15, 0.2) is 42.5 Å². The summed E-state index contributed by atoms with van der Waals surface area (Å²) in [7, 11) is 0. The van der Waals surface area contributed by atoms with Crippen LogP contribution < -0.4 is 5.73 Å². The number of aromatic nitrogens is 2. The summed E-state index contributed by atoms with van der Waals surface area (Å²) in [5.41, 5.74) is 10.1. The molecule has 0 fully saturated rings. The molecule has 0 amide bonds. The molecule has 3 aromatic rings. The Hall–Kier alpha value is -2.00. The smallest absolute Gasteiger partial charge is 0.205 e. The monoisotopic (exact) mass is 285 g/mol. The van der Waals surface area contributed by atoms with Crippen molar-refractivity contribution in [2.75, 3.05) is 5.73 Å². The molecule has 0 unspecified atom stereocenters. The Labute approximate surface area is 123 Å². The maximum absolute atomic E-state index is 6.09. The van der Waals surface area contributed by atoms with Gasteiger partial charge in [0.15, 0.2) is 0 Å².